The first-order chi connectivity index (χ1) is 27.8. The van der Waals surface area contributed by atoms with Crippen LogP contribution in [0.4, 0.5) is 4.79 Å². The number of benzene rings is 2. The van der Waals surface area contributed by atoms with Crippen LogP contribution in [0, 0.1) is 11.8 Å². The maximum Gasteiger partial charge on any atom is 0.408 e. The average Bonchev–Trinajstić information content (AvgIpc) is 3.47. The molecule has 1 fully saturated rings. The number of aromatic nitrogens is 1. The summed E-state index contributed by atoms with van der Waals surface area (Å²) in [7, 11) is 0. The number of carbonyl (C=O) groups is 4. The second-order valence-corrected chi connectivity index (χ2v) is 18.4. The SMILES string of the molecule is CC(C)[C@H](NC(=O)OC(C)(C)C)C(=O)O[C@@H](C[C@@H](Cc1ccccc1)C(=O)N[C@H]1c2ccccc2C[C@H]1O)CN1CCN(Cc2cccnc2)C[C@H]1C(=O)NC(C)(C)C. The number of nitrogens with zero attached hydrogens (tertiary/aromatic N) is 3. The number of pyridine rings is 1. The number of nitrogens with one attached hydrogen (secondary N) is 3. The summed E-state index contributed by atoms with van der Waals surface area (Å²) in [5.41, 5.74) is 2.52. The van der Waals surface area contributed by atoms with E-state index in [2.05, 4.69) is 25.8 Å². The minimum absolute atomic E-state index is 0.109. The molecule has 0 bridgehead atoms. The number of fused-ring (bicyclic) bond motifs is 1. The summed E-state index contributed by atoms with van der Waals surface area (Å²) < 4.78 is 11.9. The van der Waals surface area contributed by atoms with Crippen molar-refractivity contribution < 1.29 is 33.8 Å². The lowest BCUT2D eigenvalue weighted by Gasteiger charge is -2.43. The van der Waals surface area contributed by atoms with Gasteiger partial charge in [-0.05, 0) is 88.6 Å². The third-order valence-electron chi connectivity index (χ3n) is 10.6. The average molecular weight is 813 g/mol. The molecule has 1 aliphatic heterocycles. The molecule has 1 saturated heterocycles. The third-order valence-corrected chi connectivity index (χ3v) is 10.6. The zero-order chi connectivity index (χ0) is 42.9. The zero-order valence-electron chi connectivity index (χ0n) is 35.9. The number of hydrogen-bond donors (Lipinski definition) is 4. The van der Waals surface area contributed by atoms with Crippen molar-refractivity contribution in [2.24, 2.45) is 11.8 Å². The molecular weight excluding hydrogens is 749 g/mol. The Balaban J connectivity index is 1.46. The Labute approximate surface area is 349 Å². The topological polar surface area (TPSA) is 162 Å². The van der Waals surface area contributed by atoms with Crippen LogP contribution in [-0.2, 0) is 43.2 Å². The molecule has 0 saturated carbocycles. The minimum Gasteiger partial charge on any atom is -0.459 e. The molecule has 4 N–H and O–H groups in total. The number of carbonyl (C=O) groups excluding carboxylic acids is 4. The lowest BCUT2D eigenvalue weighted by molar-refractivity contribution is -0.156. The molecule has 2 aromatic carbocycles. The number of rotatable bonds is 15. The number of amides is 3. The van der Waals surface area contributed by atoms with Gasteiger partial charge >= 0.3 is 12.1 Å². The maximum atomic E-state index is 14.5. The summed E-state index contributed by atoms with van der Waals surface area (Å²) in [6.45, 7) is 17.0. The van der Waals surface area contributed by atoms with E-state index < -0.39 is 59.5 Å². The predicted octanol–water partition coefficient (Wildman–Crippen LogP) is 4.97. The van der Waals surface area contributed by atoms with E-state index in [9.17, 15) is 24.3 Å². The highest BCUT2D eigenvalue weighted by atomic mass is 16.6. The van der Waals surface area contributed by atoms with Crippen LogP contribution in [-0.4, -0.2) is 105 Å². The Hall–Kier alpha value is -4.85. The molecule has 2 heterocycles. The Bertz CT molecular complexity index is 1860. The molecule has 1 aliphatic carbocycles. The fourth-order valence-corrected chi connectivity index (χ4v) is 7.80. The summed E-state index contributed by atoms with van der Waals surface area (Å²) in [5, 5.41) is 20.1. The van der Waals surface area contributed by atoms with Gasteiger partial charge in [-0.2, -0.15) is 0 Å². The van der Waals surface area contributed by atoms with Gasteiger partial charge in [0.25, 0.3) is 0 Å². The number of aliphatic hydroxyl groups is 1. The Morgan fingerprint density at radius 1 is 0.915 bits per heavy atom. The summed E-state index contributed by atoms with van der Waals surface area (Å²) >= 11 is 0. The molecule has 6 atom stereocenters. The molecule has 13 heteroatoms. The molecule has 0 unspecified atom stereocenters. The van der Waals surface area contributed by atoms with Gasteiger partial charge < -0.3 is 30.5 Å². The van der Waals surface area contributed by atoms with Crippen LogP contribution in [0.5, 0.6) is 0 Å². The van der Waals surface area contributed by atoms with Gasteiger partial charge in [0, 0.05) is 63.0 Å². The molecule has 2 aliphatic rings. The lowest BCUT2D eigenvalue weighted by atomic mass is 9.91. The normalized spacial score (nSPS) is 20.2. The number of esters is 1. The first-order valence-electron chi connectivity index (χ1n) is 20.8. The minimum atomic E-state index is -1.05. The van der Waals surface area contributed by atoms with Gasteiger partial charge in [0.15, 0.2) is 0 Å². The van der Waals surface area contributed by atoms with Crippen LogP contribution in [0.3, 0.4) is 0 Å². The van der Waals surface area contributed by atoms with Crippen LogP contribution in [0.25, 0.3) is 0 Å². The van der Waals surface area contributed by atoms with Crippen molar-refractivity contribution in [3.63, 3.8) is 0 Å². The van der Waals surface area contributed by atoms with Crippen LogP contribution >= 0.6 is 0 Å². The third kappa shape index (κ3) is 13.6. The maximum absolute atomic E-state index is 14.5. The standard InChI is InChI=1S/C46H64N6O7/c1-30(2)39(49-44(57)59-46(6,7)8)43(56)58-35(28-52-22-21-51(27-32-17-14-20-47-26-32)29-37(52)42(55)50-45(3,4)5)24-34(23-31-15-10-9-11-16-31)41(54)48-40-36-19-13-12-18-33(36)25-38(40)53/h9-20,26,30,34-35,37-40,53H,21-25,27-29H2,1-8H3,(H,48,54)(H,49,57)(H,50,55)/t34-,35+,37+,38-,39+,40+/m1/s1. The van der Waals surface area contributed by atoms with Crippen molar-refractivity contribution in [2.45, 2.75) is 123 Å². The number of hydrogen-bond acceptors (Lipinski definition) is 10. The summed E-state index contributed by atoms with van der Waals surface area (Å²) in [6, 6.07) is 19.0. The van der Waals surface area contributed by atoms with Gasteiger partial charge in [-0.25, -0.2) is 9.59 Å². The summed E-state index contributed by atoms with van der Waals surface area (Å²) in [6.07, 6.45) is 2.01. The van der Waals surface area contributed by atoms with Gasteiger partial charge in [-0.3, -0.25) is 24.4 Å². The molecule has 320 valence electrons. The highest BCUT2D eigenvalue weighted by Gasteiger charge is 2.40. The van der Waals surface area contributed by atoms with Crippen molar-refractivity contribution in [3.05, 3.63) is 101 Å². The van der Waals surface area contributed by atoms with Gasteiger partial charge in [-0.15, -0.1) is 0 Å². The molecule has 0 radical (unpaired) electrons. The Morgan fingerprint density at radius 3 is 2.27 bits per heavy atom. The molecule has 0 spiro atoms. The number of aliphatic hydroxyl groups excluding tert-OH is 1. The first-order valence-corrected chi connectivity index (χ1v) is 20.8. The van der Waals surface area contributed by atoms with Crippen LogP contribution in [0.15, 0.2) is 79.1 Å². The Kier molecular flexibility index (Phi) is 15.3. The van der Waals surface area contributed by atoms with Crippen molar-refractivity contribution in [2.75, 3.05) is 26.2 Å². The van der Waals surface area contributed by atoms with E-state index in [0.29, 0.717) is 39.0 Å². The second kappa shape index (κ2) is 19.9. The zero-order valence-corrected chi connectivity index (χ0v) is 35.9. The van der Waals surface area contributed by atoms with Gasteiger partial charge in [0.1, 0.15) is 23.8 Å². The number of ether oxygens (including phenoxy) is 2. The van der Waals surface area contributed by atoms with Crippen molar-refractivity contribution in [1.29, 1.82) is 0 Å². The monoisotopic (exact) mass is 812 g/mol. The van der Waals surface area contributed by atoms with Crippen LogP contribution in [0.1, 0.15) is 90.1 Å². The molecule has 3 aromatic rings. The highest BCUT2D eigenvalue weighted by Crippen LogP contribution is 2.32. The predicted molar refractivity (Wildman–Crippen MR) is 226 cm³/mol. The molecular formula is C46H64N6O7. The quantitative estimate of drug-likeness (QED) is 0.154. The van der Waals surface area contributed by atoms with Crippen molar-refractivity contribution >= 4 is 23.9 Å². The molecule has 1 aromatic heterocycles. The number of alkyl carbamates (subject to hydrolysis) is 1. The number of piperazine rings is 1. The molecule has 5 rings (SSSR count). The van der Waals surface area contributed by atoms with Gasteiger partial charge in [0.05, 0.1) is 12.1 Å². The van der Waals surface area contributed by atoms with E-state index in [-0.39, 0.29) is 30.7 Å². The van der Waals surface area contributed by atoms with E-state index in [4.69, 9.17) is 9.47 Å². The Morgan fingerprint density at radius 2 is 1.61 bits per heavy atom. The summed E-state index contributed by atoms with van der Waals surface area (Å²) in [4.78, 5) is 64.3. The van der Waals surface area contributed by atoms with E-state index in [1.54, 1.807) is 27.0 Å². The van der Waals surface area contributed by atoms with E-state index in [0.717, 1.165) is 22.3 Å². The van der Waals surface area contributed by atoms with Crippen molar-refractivity contribution in [1.82, 2.24) is 30.7 Å². The summed E-state index contributed by atoms with van der Waals surface area (Å²) in [5.74, 6) is -2.16. The fraction of sp³-hybridized carbons (Fsp3) is 0.543. The molecule has 13 nitrogen and oxygen atoms in total. The largest absolute Gasteiger partial charge is 0.459 e. The van der Waals surface area contributed by atoms with E-state index in [1.165, 1.54) is 0 Å². The van der Waals surface area contributed by atoms with Gasteiger partial charge in [-0.1, -0.05) is 74.5 Å². The van der Waals surface area contributed by atoms with Crippen molar-refractivity contribution in [3.8, 4) is 0 Å². The lowest BCUT2D eigenvalue weighted by Crippen LogP contribution is -2.62. The smallest absolute Gasteiger partial charge is 0.408 e. The fourth-order valence-electron chi connectivity index (χ4n) is 7.80. The molecule has 3 amide bonds. The van der Waals surface area contributed by atoms with E-state index in [1.807, 2.05) is 112 Å². The van der Waals surface area contributed by atoms with Gasteiger partial charge in [0.2, 0.25) is 11.8 Å². The van der Waals surface area contributed by atoms with Crippen LogP contribution < -0.4 is 16.0 Å². The van der Waals surface area contributed by atoms with E-state index >= 15 is 0 Å². The second-order valence-electron chi connectivity index (χ2n) is 18.4. The van der Waals surface area contributed by atoms with Crippen LogP contribution in [0.2, 0.25) is 0 Å². The molecule has 59 heavy (non-hydrogen) atoms. The highest BCUT2D eigenvalue weighted by molar-refractivity contribution is 5.83. The first kappa shape index (κ1) is 45.2.